The van der Waals surface area contributed by atoms with Crippen molar-refractivity contribution in [2.45, 2.75) is 44.6 Å². The molecular formula is C22H23NO2. The molecule has 1 N–H and O–H groups in total. The molecule has 0 radical (unpaired) electrons. The minimum Gasteiger partial charge on any atom is -0.385 e. The topological polar surface area (TPSA) is 49.7 Å². The molecule has 3 fully saturated rings. The van der Waals surface area contributed by atoms with Crippen LogP contribution in [0.2, 0.25) is 0 Å². The summed E-state index contributed by atoms with van der Waals surface area (Å²) >= 11 is 0. The van der Waals surface area contributed by atoms with Crippen LogP contribution in [0.4, 0.5) is 0 Å². The maximum atomic E-state index is 11.8. The number of fused-ring (bicyclic) bond motifs is 3. The van der Waals surface area contributed by atoms with E-state index in [-0.39, 0.29) is 11.3 Å². The minimum absolute atomic E-state index is 0.110. The quantitative estimate of drug-likeness (QED) is 0.714. The number of hydrogen-bond acceptors (Lipinski definition) is 3. The fraction of sp³-hybridized carbons (Fsp3) is 0.545. The van der Waals surface area contributed by atoms with Crippen LogP contribution in [-0.4, -0.2) is 10.7 Å². The highest BCUT2D eigenvalue weighted by molar-refractivity contribution is 5.61. The van der Waals surface area contributed by atoms with Crippen LogP contribution in [-0.2, 0) is 0 Å². The van der Waals surface area contributed by atoms with E-state index in [0.29, 0.717) is 23.5 Å². The van der Waals surface area contributed by atoms with Gasteiger partial charge in [0.1, 0.15) is 5.70 Å². The average Bonchev–Trinajstić information content (AvgIpc) is 2.89. The van der Waals surface area contributed by atoms with Crippen LogP contribution in [0.1, 0.15) is 39.0 Å². The summed E-state index contributed by atoms with van der Waals surface area (Å²) in [6.45, 7) is 2.19. The third-order valence-electron chi connectivity index (χ3n) is 8.15. The molecule has 0 aromatic heterocycles. The van der Waals surface area contributed by atoms with Crippen LogP contribution in [0.25, 0.3) is 0 Å². The number of nitrogens with zero attached hydrogens (tertiary/aromatic N) is 1. The van der Waals surface area contributed by atoms with Gasteiger partial charge in [-0.25, -0.2) is 0 Å². The third-order valence-corrected chi connectivity index (χ3v) is 8.15. The van der Waals surface area contributed by atoms with Gasteiger partial charge in [-0.15, -0.1) is 4.91 Å². The van der Waals surface area contributed by atoms with Gasteiger partial charge in [-0.3, -0.25) is 0 Å². The highest BCUT2D eigenvalue weighted by Crippen LogP contribution is 2.77. The Bertz CT molecular complexity index is 872. The SMILES string of the molecule is CC1=CC=CC(N=O)=C2[C@H]1CC1CCC3CC4=C(C5(O)CC5C=C4)[C@@]231. The van der Waals surface area contributed by atoms with Crippen LogP contribution < -0.4 is 0 Å². The lowest BCUT2D eigenvalue weighted by Gasteiger charge is -2.39. The van der Waals surface area contributed by atoms with Crippen LogP contribution in [0.15, 0.2) is 63.5 Å². The second-order valence-corrected chi connectivity index (χ2v) is 8.99. The van der Waals surface area contributed by atoms with E-state index in [1.54, 1.807) is 0 Å². The summed E-state index contributed by atoms with van der Waals surface area (Å²) in [6.07, 6.45) is 16.0. The summed E-state index contributed by atoms with van der Waals surface area (Å²) in [5.41, 5.74) is 5.12. The van der Waals surface area contributed by atoms with Crippen molar-refractivity contribution in [1.29, 1.82) is 0 Å². The maximum absolute atomic E-state index is 11.8. The van der Waals surface area contributed by atoms with Gasteiger partial charge in [-0.05, 0) is 78.8 Å². The van der Waals surface area contributed by atoms with Crippen molar-refractivity contribution in [3.05, 3.63) is 63.3 Å². The molecule has 0 amide bonds. The number of hydrogen-bond donors (Lipinski definition) is 1. The second-order valence-electron chi connectivity index (χ2n) is 8.99. The van der Waals surface area contributed by atoms with Gasteiger partial charge in [0.05, 0.1) is 5.60 Å². The first-order chi connectivity index (χ1) is 12.1. The van der Waals surface area contributed by atoms with Crippen molar-refractivity contribution in [2.75, 3.05) is 0 Å². The first-order valence-electron chi connectivity index (χ1n) is 9.68. The first-order valence-corrected chi connectivity index (χ1v) is 9.68. The molecule has 128 valence electrons. The van der Waals surface area contributed by atoms with Crippen molar-refractivity contribution in [1.82, 2.24) is 0 Å². The third kappa shape index (κ3) is 1.45. The summed E-state index contributed by atoms with van der Waals surface area (Å²) in [4.78, 5) is 11.8. The van der Waals surface area contributed by atoms with E-state index >= 15 is 0 Å². The molecule has 0 heterocycles. The van der Waals surface area contributed by atoms with Gasteiger partial charge in [-0.1, -0.05) is 29.9 Å². The second kappa shape index (κ2) is 4.32. The number of nitroso groups, excluding NO2 is 1. The van der Waals surface area contributed by atoms with Gasteiger partial charge >= 0.3 is 0 Å². The standard InChI is InChI=1S/C22H23NO2/c1-12-3-2-4-18(23-25)19-17(12)10-15-8-7-14-9-13-5-6-16-11-21(16,24)20(13)22(14,15)19/h2-6,14-17,24H,7-11H2,1H3/t14?,15?,16?,17-,21?,22-/m0/s1. The molecular weight excluding hydrogens is 310 g/mol. The molecule has 3 nitrogen and oxygen atoms in total. The van der Waals surface area contributed by atoms with E-state index in [9.17, 15) is 10.0 Å². The maximum Gasteiger partial charge on any atom is 0.108 e. The lowest BCUT2D eigenvalue weighted by atomic mass is 9.64. The molecule has 3 heteroatoms. The Balaban J connectivity index is 1.67. The molecule has 0 aliphatic heterocycles. The Hall–Kier alpha value is -1.74. The highest BCUT2D eigenvalue weighted by Gasteiger charge is 2.72. The minimum atomic E-state index is -0.648. The van der Waals surface area contributed by atoms with Crippen molar-refractivity contribution >= 4 is 0 Å². The van der Waals surface area contributed by atoms with E-state index in [4.69, 9.17) is 0 Å². The molecule has 6 aliphatic rings. The Morgan fingerprint density at radius 2 is 2.08 bits per heavy atom. The van der Waals surface area contributed by atoms with Gasteiger partial charge in [0.2, 0.25) is 0 Å². The van der Waals surface area contributed by atoms with Crippen LogP contribution in [0, 0.1) is 34.0 Å². The predicted molar refractivity (Wildman–Crippen MR) is 96.3 cm³/mol. The first kappa shape index (κ1) is 14.4. The number of aliphatic hydroxyl groups is 1. The molecule has 0 bridgehead atoms. The lowest BCUT2D eigenvalue weighted by Crippen LogP contribution is -2.37. The molecule has 4 unspecified atom stereocenters. The summed E-state index contributed by atoms with van der Waals surface area (Å²) < 4.78 is 0. The number of allylic oxidation sites excluding steroid dienone is 7. The molecule has 0 aromatic rings. The molecule has 6 atom stereocenters. The van der Waals surface area contributed by atoms with Crippen molar-refractivity contribution in [3.8, 4) is 0 Å². The Morgan fingerprint density at radius 3 is 2.92 bits per heavy atom. The zero-order valence-corrected chi connectivity index (χ0v) is 14.5. The summed E-state index contributed by atoms with van der Waals surface area (Å²) in [5.74, 6) is 1.68. The molecule has 25 heavy (non-hydrogen) atoms. The molecule has 6 rings (SSSR count). The fourth-order valence-corrected chi connectivity index (χ4v) is 7.26. The van der Waals surface area contributed by atoms with Gasteiger partial charge in [-0.2, -0.15) is 0 Å². The van der Waals surface area contributed by atoms with Crippen LogP contribution in [0.5, 0.6) is 0 Å². The fourth-order valence-electron chi connectivity index (χ4n) is 7.26. The highest BCUT2D eigenvalue weighted by atomic mass is 16.3. The molecule has 0 aromatic carbocycles. The smallest absolute Gasteiger partial charge is 0.108 e. The van der Waals surface area contributed by atoms with Gasteiger partial charge < -0.3 is 5.11 Å². The van der Waals surface area contributed by atoms with E-state index in [2.05, 4.69) is 30.3 Å². The Kier molecular flexibility index (Phi) is 2.49. The van der Waals surface area contributed by atoms with Crippen LogP contribution >= 0.6 is 0 Å². The van der Waals surface area contributed by atoms with Gasteiger partial charge in [0, 0.05) is 17.3 Å². The van der Waals surface area contributed by atoms with Crippen LogP contribution in [0.3, 0.4) is 0 Å². The molecule has 6 aliphatic carbocycles. The van der Waals surface area contributed by atoms with Gasteiger partial charge in [0.25, 0.3) is 0 Å². The Labute approximate surface area is 147 Å². The monoisotopic (exact) mass is 333 g/mol. The summed E-state index contributed by atoms with van der Waals surface area (Å²) in [6, 6.07) is 0. The zero-order valence-electron chi connectivity index (χ0n) is 14.5. The van der Waals surface area contributed by atoms with E-state index < -0.39 is 5.60 Å². The van der Waals surface area contributed by atoms with Crippen molar-refractivity contribution in [2.24, 2.45) is 34.3 Å². The predicted octanol–water partition coefficient (Wildman–Crippen LogP) is 4.58. The van der Waals surface area contributed by atoms with Crippen molar-refractivity contribution < 1.29 is 5.11 Å². The normalized spacial score (nSPS) is 48.5. The summed E-state index contributed by atoms with van der Waals surface area (Å²) in [5, 5.41) is 14.9. The summed E-state index contributed by atoms with van der Waals surface area (Å²) in [7, 11) is 0. The van der Waals surface area contributed by atoms with E-state index in [0.717, 1.165) is 19.3 Å². The molecule has 3 saturated carbocycles. The Morgan fingerprint density at radius 1 is 1.24 bits per heavy atom. The van der Waals surface area contributed by atoms with Gasteiger partial charge in [0.15, 0.2) is 0 Å². The lowest BCUT2D eigenvalue weighted by molar-refractivity contribution is 0.133. The average molecular weight is 333 g/mol. The molecule has 1 spiro atoms. The van der Waals surface area contributed by atoms with E-state index in [1.165, 1.54) is 35.1 Å². The van der Waals surface area contributed by atoms with Crippen molar-refractivity contribution in [3.63, 3.8) is 0 Å². The number of rotatable bonds is 1. The van der Waals surface area contributed by atoms with E-state index in [1.807, 2.05) is 12.2 Å². The zero-order chi connectivity index (χ0) is 17.0. The molecule has 0 saturated heterocycles. The largest absolute Gasteiger partial charge is 0.385 e.